The van der Waals surface area contributed by atoms with Crippen LogP contribution in [0, 0.1) is 0 Å². The molecule has 26 heavy (non-hydrogen) atoms. The fourth-order valence-corrected chi connectivity index (χ4v) is 4.71. The molecule has 2 heterocycles. The van der Waals surface area contributed by atoms with E-state index in [0.717, 1.165) is 35.5 Å². The molecule has 0 atom stereocenters. The van der Waals surface area contributed by atoms with Crippen LogP contribution in [0.4, 0.5) is 0 Å². The standard InChI is InChI=1S/C20H23NO4S/c22-26(23,13-9-15-4-2-1-3-5-15)21-10-6-18-17-8-12-24-19(17)14-16-7-11-25-20(16)18/h1-5,14,21H,6-13H2. The number of hydrogen-bond acceptors (Lipinski definition) is 4. The zero-order valence-corrected chi connectivity index (χ0v) is 15.5. The Balaban J connectivity index is 1.39. The van der Waals surface area contributed by atoms with Crippen LogP contribution >= 0.6 is 0 Å². The Morgan fingerprint density at radius 3 is 2.65 bits per heavy atom. The van der Waals surface area contributed by atoms with E-state index in [1.807, 2.05) is 30.3 Å². The summed E-state index contributed by atoms with van der Waals surface area (Å²) in [5, 5.41) is 0. The quantitative estimate of drug-likeness (QED) is 0.809. The Bertz CT molecular complexity index is 862. The van der Waals surface area contributed by atoms with Gasteiger partial charge in [-0.25, -0.2) is 13.1 Å². The van der Waals surface area contributed by atoms with E-state index in [4.69, 9.17) is 9.47 Å². The molecule has 1 N–H and O–H groups in total. The van der Waals surface area contributed by atoms with Gasteiger partial charge in [-0.1, -0.05) is 30.3 Å². The second-order valence-corrected chi connectivity index (χ2v) is 8.64. The largest absolute Gasteiger partial charge is 0.493 e. The minimum absolute atomic E-state index is 0.0988. The molecule has 0 amide bonds. The van der Waals surface area contributed by atoms with Crippen molar-refractivity contribution in [2.45, 2.75) is 25.7 Å². The lowest BCUT2D eigenvalue weighted by Crippen LogP contribution is -2.29. The number of hydrogen-bond donors (Lipinski definition) is 1. The average molecular weight is 373 g/mol. The highest BCUT2D eigenvalue weighted by Gasteiger charge is 2.26. The molecule has 0 fully saturated rings. The number of benzene rings is 2. The summed E-state index contributed by atoms with van der Waals surface area (Å²) >= 11 is 0. The lowest BCUT2D eigenvalue weighted by atomic mass is 9.97. The molecule has 6 heteroatoms. The second-order valence-electron chi connectivity index (χ2n) is 6.72. The Labute approximate surface area is 154 Å². The normalized spacial score (nSPS) is 15.2. The summed E-state index contributed by atoms with van der Waals surface area (Å²) in [7, 11) is -3.30. The monoisotopic (exact) mass is 373 g/mol. The molecular formula is C20H23NO4S. The molecule has 0 aliphatic carbocycles. The maximum atomic E-state index is 12.3. The lowest BCUT2D eigenvalue weighted by molar-refractivity contribution is 0.353. The van der Waals surface area contributed by atoms with Gasteiger partial charge in [-0.3, -0.25) is 0 Å². The van der Waals surface area contributed by atoms with Crippen LogP contribution in [-0.4, -0.2) is 33.9 Å². The van der Waals surface area contributed by atoms with Crippen LogP contribution in [0.25, 0.3) is 0 Å². The van der Waals surface area contributed by atoms with Gasteiger partial charge in [0.05, 0.1) is 19.0 Å². The Morgan fingerprint density at radius 1 is 1.00 bits per heavy atom. The first kappa shape index (κ1) is 17.4. The predicted molar refractivity (Wildman–Crippen MR) is 100 cm³/mol. The van der Waals surface area contributed by atoms with Crippen molar-refractivity contribution in [3.05, 3.63) is 58.7 Å². The topological polar surface area (TPSA) is 64.6 Å². The molecular weight excluding hydrogens is 350 g/mol. The van der Waals surface area contributed by atoms with Crippen molar-refractivity contribution in [3.8, 4) is 11.5 Å². The van der Waals surface area contributed by atoms with Gasteiger partial charge in [-0.15, -0.1) is 0 Å². The maximum absolute atomic E-state index is 12.3. The molecule has 0 saturated heterocycles. The van der Waals surface area contributed by atoms with E-state index < -0.39 is 10.0 Å². The van der Waals surface area contributed by atoms with Gasteiger partial charge in [-0.2, -0.15) is 0 Å². The van der Waals surface area contributed by atoms with Crippen LogP contribution in [-0.2, 0) is 35.7 Å². The van der Waals surface area contributed by atoms with Gasteiger partial charge in [0.1, 0.15) is 11.5 Å². The molecule has 0 unspecified atom stereocenters. The minimum Gasteiger partial charge on any atom is -0.493 e. The van der Waals surface area contributed by atoms with E-state index in [0.29, 0.717) is 32.6 Å². The average Bonchev–Trinajstić information content (AvgIpc) is 3.29. The van der Waals surface area contributed by atoms with Crippen molar-refractivity contribution >= 4 is 10.0 Å². The summed E-state index contributed by atoms with van der Waals surface area (Å²) in [6.45, 7) is 1.76. The third kappa shape index (κ3) is 3.71. The van der Waals surface area contributed by atoms with Crippen LogP contribution in [0.3, 0.4) is 0 Å². The van der Waals surface area contributed by atoms with E-state index in [9.17, 15) is 8.42 Å². The van der Waals surface area contributed by atoms with E-state index in [1.165, 1.54) is 11.1 Å². The zero-order chi connectivity index (χ0) is 18.0. The van der Waals surface area contributed by atoms with Gasteiger partial charge in [-0.05, 0) is 24.5 Å². The molecule has 2 aliphatic heterocycles. The smallest absolute Gasteiger partial charge is 0.211 e. The molecule has 2 aromatic rings. The van der Waals surface area contributed by atoms with Crippen molar-refractivity contribution in [3.63, 3.8) is 0 Å². The highest BCUT2D eigenvalue weighted by Crippen LogP contribution is 2.40. The van der Waals surface area contributed by atoms with E-state index in [2.05, 4.69) is 10.8 Å². The molecule has 4 rings (SSSR count). The molecule has 2 aliphatic rings. The minimum atomic E-state index is -3.30. The van der Waals surface area contributed by atoms with E-state index in [1.54, 1.807) is 0 Å². The summed E-state index contributed by atoms with van der Waals surface area (Å²) < 4.78 is 38.8. The summed E-state index contributed by atoms with van der Waals surface area (Å²) in [5.41, 5.74) is 4.49. The van der Waals surface area contributed by atoms with Crippen molar-refractivity contribution in [2.24, 2.45) is 0 Å². The van der Waals surface area contributed by atoms with Crippen LogP contribution < -0.4 is 14.2 Å². The fourth-order valence-electron chi connectivity index (χ4n) is 3.65. The summed E-state index contributed by atoms with van der Waals surface area (Å²) in [6.07, 6.45) is 2.90. The van der Waals surface area contributed by atoms with Crippen LogP contribution in [0.1, 0.15) is 22.3 Å². The van der Waals surface area contributed by atoms with E-state index in [-0.39, 0.29) is 5.75 Å². The number of aryl methyl sites for hydroxylation is 1. The Hall–Kier alpha value is -2.05. The second kappa shape index (κ2) is 7.29. The van der Waals surface area contributed by atoms with Gasteiger partial charge in [0.15, 0.2) is 0 Å². The Kier molecular flexibility index (Phi) is 4.87. The number of rotatable bonds is 7. The first-order valence-corrected chi connectivity index (χ1v) is 10.7. The van der Waals surface area contributed by atoms with Crippen molar-refractivity contribution < 1.29 is 17.9 Å². The number of nitrogens with one attached hydrogen (secondary N) is 1. The fraction of sp³-hybridized carbons (Fsp3) is 0.400. The van der Waals surface area contributed by atoms with Crippen LogP contribution in [0.2, 0.25) is 0 Å². The maximum Gasteiger partial charge on any atom is 0.211 e. The van der Waals surface area contributed by atoms with Crippen molar-refractivity contribution in [1.82, 2.24) is 4.72 Å². The van der Waals surface area contributed by atoms with Gasteiger partial charge in [0, 0.05) is 36.1 Å². The van der Waals surface area contributed by atoms with Gasteiger partial charge < -0.3 is 9.47 Å². The van der Waals surface area contributed by atoms with Crippen LogP contribution in [0.15, 0.2) is 36.4 Å². The first-order chi connectivity index (χ1) is 12.6. The number of sulfonamides is 1. The molecule has 0 saturated carbocycles. The molecule has 0 aromatic heterocycles. The van der Waals surface area contributed by atoms with Gasteiger partial charge in [0.2, 0.25) is 10.0 Å². The molecule has 0 radical (unpaired) electrons. The molecule has 5 nitrogen and oxygen atoms in total. The molecule has 0 spiro atoms. The number of ether oxygens (including phenoxy) is 2. The van der Waals surface area contributed by atoms with Gasteiger partial charge in [0.25, 0.3) is 0 Å². The third-order valence-corrected chi connectivity index (χ3v) is 6.34. The molecule has 2 aromatic carbocycles. The predicted octanol–water partition coefficient (Wildman–Crippen LogP) is 2.26. The highest BCUT2D eigenvalue weighted by molar-refractivity contribution is 7.89. The summed E-state index contributed by atoms with van der Waals surface area (Å²) in [5.74, 6) is 1.98. The van der Waals surface area contributed by atoms with Crippen molar-refractivity contribution in [2.75, 3.05) is 25.5 Å². The zero-order valence-electron chi connectivity index (χ0n) is 14.7. The third-order valence-electron chi connectivity index (χ3n) is 4.96. The number of fused-ring (bicyclic) bond motifs is 2. The summed E-state index contributed by atoms with van der Waals surface area (Å²) in [6, 6.07) is 11.8. The van der Waals surface area contributed by atoms with E-state index >= 15 is 0 Å². The lowest BCUT2D eigenvalue weighted by Gasteiger charge is -2.13. The SMILES string of the molecule is O=S(=O)(CCc1ccccc1)NCCc1c2c(cc3c1OCC3)OCC2. The Morgan fingerprint density at radius 2 is 1.81 bits per heavy atom. The van der Waals surface area contributed by atoms with Gasteiger partial charge >= 0.3 is 0 Å². The van der Waals surface area contributed by atoms with Crippen molar-refractivity contribution in [1.29, 1.82) is 0 Å². The highest BCUT2D eigenvalue weighted by atomic mass is 32.2. The summed E-state index contributed by atoms with van der Waals surface area (Å²) in [4.78, 5) is 0. The molecule has 0 bridgehead atoms. The van der Waals surface area contributed by atoms with Crippen LogP contribution in [0.5, 0.6) is 11.5 Å². The molecule has 138 valence electrons. The first-order valence-electron chi connectivity index (χ1n) is 9.07.